The minimum absolute atomic E-state index is 0.141. The van der Waals surface area contributed by atoms with Gasteiger partial charge in [0.25, 0.3) is 5.91 Å². The molecule has 26 heavy (non-hydrogen) atoms. The highest BCUT2D eigenvalue weighted by atomic mass is 16.2. The lowest BCUT2D eigenvalue weighted by Crippen LogP contribution is -2.39. The zero-order valence-corrected chi connectivity index (χ0v) is 14.8. The molecule has 1 fully saturated rings. The smallest absolute Gasteiger partial charge is 0.251 e. The summed E-state index contributed by atoms with van der Waals surface area (Å²) in [4.78, 5) is 34.9. The van der Waals surface area contributed by atoms with Gasteiger partial charge < -0.3 is 21.8 Å². The summed E-state index contributed by atoms with van der Waals surface area (Å²) in [5, 5.41) is 13.3. The molecule has 2 rings (SSSR count). The Labute approximate surface area is 152 Å². The number of nitrogens with two attached hydrogens (primary N) is 1. The largest absolute Gasteiger partial charge is 0.368 e. The Morgan fingerprint density at radius 3 is 2.58 bits per heavy atom. The number of carbonyl (C=O) groups is 3. The van der Waals surface area contributed by atoms with Crippen LogP contribution in [0.25, 0.3) is 0 Å². The van der Waals surface area contributed by atoms with E-state index in [1.807, 2.05) is 12.1 Å². The number of benzene rings is 1. The highest BCUT2D eigenvalue weighted by Gasteiger charge is 2.23. The van der Waals surface area contributed by atoms with Gasteiger partial charge in [-0.1, -0.05) is 19.1 Å². The predicted molar refractivity (Wildman–Crippen MR) is 98.9 cm³/mol. The molecule has 0 aromatic heterocycles. The normalized spacial score (nSPS) is 18.4. The van der Waals surface area contributed by atoms with Crippen molar-refractivity contribution in [1.29, 1.82) is 5.41 Å². The Balaban J connectivity index is 1.97. The molecule has 0 aliphatic heterocycles. The van der Waals surface area contributed by atoms with Crippen LogP contribution in [0.3, 0.4) is 0 Å². The van der Waals surface area contributed by atoms with Crippen molar-refractivity contribution in [3.63, 3.8) is 0 Å². The summed E-state index contributed by atoms with van der Waals surface area (Å²) < 4.78 is 0. The Hall–Kier alpha value is -2.96. The number of rotatable bonds is 6. The van der Waals surface area contributed by atoms with Gasteiger partial charge >= 0.3 is 0 Å². The van der Waals surface area contributed by atoms with E-state index in [-0.39, 0.29) is 18.5 Å². The van der Waals surface area contributed by atoms with Crippen LogP contribution in [0.15, 0.2) is 35.9 Å². The Morgan fingerprint density at radius 1 is 1.27 bits per heavy atom. The summed E-state index contributed by atoms with van der Waals surface area (Å²) in [6.07, 6.45) is 3.76. The van der Waals surface area contributed by atoms with Crippen molar-refractivity contribution in [3.8, 4) is 0 Å². The summed E-state index contributed by atoms with van der Waals surface area (Å²) in [6.45, 7) is 1.81. The second-order valence-corrected chi connectivity index (χ2v) is 6.30. The van der Waals surface area contributed by atoms with E-state index < -0.39 is 11.8 Å². The third-order valence-electron chi connectivity index (χ3n) is 4.30. The fourth-order valence-electron chi connectivity index (χ4n) is 2.78. The van der Waals surface area contributed by atoms with Crippen LogP contribution in [-0.2, 0) is 16.0 Å². The van der Waals surface area contributed by atoms with Crippen molar-refractivity contribution in [2.24, 2.45) is 5.73 Å². The number of hydrogen-bond donors (Lipinski definition) is 4. The van der Waals surface area contributed by atoms with Gasteiger partial charge in [0.2, 0.25) is 11.8 Å². The fraction of sp³-hybridized carbons (Fsp3) is 0.368. The van der Waals surface area contributed by atoms with E-state index in [9.17, 15) is 14.4 Å². The van der Waals surface area contributed by atoms with Crippen molar-refractivity contribution in [2.45, 2.75) is 38.6 Å². The summed E-state index contributed by atoms with van der Waals surface area (Å²) in [6, 6.07) is 7.32. The highest BCUT2D eigenvalue weighted by molar-refractivity contribution is 6.05. The molecule has 0 bridgehead atoms. The minimum Gasteiger partial charge on any atom is -0.368 e. The van der Waals surface area contributed by atoms with E-state index in [0.717, 1.165) is 6.42 Å². The Bertz CT molecular complexity index is 738. The van der Waals surface area contributed by atoms with Crippen LogP contribution >= 0.6 is 0 Å². The monoisotopic (exact) mass is 356 g/mol. The lowest BCUT2D eigenvalue weighted by molar-refractivity contribution is -0.122. The average molecular weight is 356 g/mol. The van der Waals surface area contributed by atoms with Crippen LogP contribution in [0.2, 0.25) is 0 Å². The quantitative estimate of drug-likeness (QED) is 0.570. The number of aryl methyl sites for hydroxylation is 1. The Morgan fingerprint density at radius 2 is 1.96 bits per heavy atom. The zero-order valence-electron chi connectivity index (χ0n) is 14.8. The molecule has 138 valence electrons. The first kappa shape index (κ1) is 19.4. The first-order valence-corrected chi connectivity index (χ1v) is 8.63. The van der Waals surface area contributed by atoms with E-state index in [1.165, 1.54) is 11.6 Å². The number of amides is 3. The van der Waals surface area contributed by atoms with Gasteiger partial charge in [-0.05, 0) is 49.0 Å². The molecule has 3 amide bonds. The van der Waals surface area contributed by atoms with Gasteiger partial charge in [-0.3, -0.25) is 14.4 Å². The molecule has 1 atom stereocenters. The topological polar surface area (TPSA) is 125 Å². The SMILES string of the molecule is CCc1ccc(C(=O)NC2CCC(=N)/C(=C\C(=O)NCC(N)=O)C2)cc1. The van der Waals surface area contributed by atoms with Crippen LogP contribution in [-0.4, -0.2) is 36.0 Å². The zero-order chi connectivity index (χ0) is 19.1. The van der Waals surface area contributed by atoms with Crippen LogP contribution in [0.4, 0.5) is 0 Å². The minimum atomic E-state index is -0.630. The van der Waals surface area contributed by atoms with Crippen LogP contribution in [0, 0.1) is 5.41 Å². The van der Waals surface area contributed by atoms with Gasteiger partial charge in [-0.2, -0.15) is 0 Å². The van der Waals surface area contributed by atoms with Crippen LogP contribution < -0.4 is 16.4 Å². The molecule has 0 radical (unpaired) electrons. The molecule has 1 aliphatic rings. The molecular formula is C19H24N4O3. The van der Waals surface area contributed by atoms with Crippen molar-refractivity contribution >= 4 is 23.4 Å². The summed E-state index contributed by atoms with van der Waals surface area (Å²) in [5.74, 6) is -1.26. The number of hydrogen-bond acceptors (Lipinski definition) is 4. The van der Waals surface area contributed by atoms with E-state index in [4.69, 9.17) is 11.1 Å². The Kier molecular flexibility index (Phi) is 6.66. The molecule has 1 saturated carbocycles. The summed E-state index contributed by atoms with van der Waals surface area (Å²) >= 11 is 0. The maximum atomic E-state index is 12.4. The third kappa shape index (κ3) is 5.54. The summed E-state index contributed by atoms with van der Waals surface area (Å²) in [5.41, 5.74) is 7.68. The van der Waals surface area contributed by atoms with Crippen LogP contribution in [0.5, 0.6) is 0 Å². The van der Waals surface area contributed by atoms with E-state index in [1.54, 1.807) is 12.1 Å². The van der Waals surface area contributed by atoms with E-state index >= 15 is 0 Å². The summed E-state index contributed by atoms with van der Waals surface area (Å²) in [7, 11) is 0. The molecule has 0 spiro atoms. The third-order valence-corrected chi connectivity index (χ3v) is 4.30. The first-order valence-electron chi connectivity index (χ1n) is 8.63. The fourth-order valence-corrected chi connectivity index (χ4v) is 2.78. The van der Waals surface area contributed by atoms with Gasteiger partial charge in [0.15, 0.2) is 0 Å². The first-order chi connectivity index (χ1) is 12.4. The van der Waals surface area contributed by atoms with Crippen molar-refractivity contribution < 1.29 is 14.4 Å². The molecular weight excluding hydrogens is 332 g/mol. The van der Waals surface area contributed by atoms with Gasteiger partial charge in [0.05, 0.1) is 6.54 Å². The maximum Gasteiger partial charge on any atom is 0.251 e. The molecule has 1 aromatic rings. The molecule has 0 heterocycles. The lowest BCUT2D eigenvalue weighted by atomic mass is 9.88. The second kappa shape index (κ2) is 8.94. The molecule has 1 aliphatic carbocycles. The highest BCUT2D eigenvalue weighted by Crippen LogP contribution is 2.21. The van der Waals surface area contributed by atoms with E-state index in [2.05, 4.69) is 17.6 Å². The van der Waals surface area contributed by atoms with Crippen LogP contribution in [0.1, 0.15) is 42.1 Å². The van der Waals surface area contributed by atoms with E-state index in [0.29, 0.717) is 36.1 Å². The number of nitrogens with one attached hydrogen (secondary N) is 3. The van der Waals surface area contributed by atoms with Gasteiger partial charge in [0.1, 0.15) is 0 Å². The van der Waals surface area contributed by atoms with Gasteiger partial charge in [-0.15, -0.1) is 0 Å². The standard InChI is InChI=1S/C19H24N4O3/c1-2-12-3-5-13(6-4-12)19(26)23-15-7-8-16(20)14(9-15)10-18(25)22-11-17(21)24/h3-6,10,15,20H,2,7-9,11H2,1H3,(H2,21,24)(H,22,25)(H,23,26)/b14-10-,20-16?. The van der Waals surface area contributed by atoms with Crippen molar-refractivity contribution in [3.05, 3.63) is 47.0 Å². The van der Waals surface area contributed by atoms with Gasteiger partial charge in [0, 0.05) is 23.4 Å². The molecule has 7 nitrogen and oxygen atoms in total. The van der Waals surface area contributed by atoms with Crippen molar-refractivity contribution in [1.82, 2.24) is 10.6 Å². The molecule has 1 aromatic carbocycles. The average Bonchev–Trinajstić information content (AvgIpc) is 2.62. The molecule has 1 unspecified atom stereocenters. The predicted octanol–water partition coefficient (Wildman–Crippen LogP) is 1.08. The lowest BCUT2D eigenvalue weighted by Gasteiger charge is -2.26. The molecule has 5 N–H and O–H groups in total. The molecule has 7 heteroatoms. The van der Waals surface area contributed by atoms with Gasteiger partial charge in [-0.25, -0.2) is 0 Å². The number of primary amides is 1. The maximum absolute atomic E-state index is 12.4. The molecule has 0 saturated heterocycles. The second-order valence-electron chi connectivity index (χ2n) is 6.30. The number of carbonyl (C=O) groups excluding carboxylic acids is 3. The van der Waals surface area contributed by atoms with Crippen molar-refractivity contribution in [2.75, 3.05) is 6.54 Å².